The van der Waals surface area contributed by atoms with E-state index in [1.165, 1.54) is 32.1 Å². The highest BCUT2D eigenvalue weighted by atomic mass is 16.5. The predicted molar refractivity (Wildman–Crippen MR) is 60.5 cm³/mol. The van der Waals surface area contributed by atoms with Gasteiger partial charge in [-0.3, -0.25) is 0 Å². The predicted octanol–water partition coefficient (Wildman–Crippen LogP) is 2.58. The monoisotopic (exact) mass is 199 g/mol. The van der Waals surface area contributed by atoms with E-state index in [2.05, 4.69) is 26.2 Å². The first-order valence-corrected chi connectivity index (χ1v) is 6.09. The van der Waals surface area contributed by atoms with Crippen molar-refractivity contribution in [1.29, 1.82) is 0 Å². The number of hydrogen-bond acceptors (Lipinski definition) is 2. The molecular formula is C12H25NO. The van der Waals surface area contributed by atoms with Crippen LogP contribution in [0.2, 0.25) is 0 Å². The zero-order valence-corrected chi connectivity index (χ0v) is 9.88. The molecule has 1 fully saturated rings. The molecule has 0 saturated heterocycles. The maximum Gasteiger partial charge on any atom is 0.0580 e. The summed E-state index contributed by atoms with van der Waals surface area (Å²) in [7, 11) is 2.08. The maximum atomic E-state index is 5.56. The van der Waals surface area contributed by atoms with E-state index in [0.29, 0.717) is 6.10 Å². The van der Waals surface area contributed by atoms with E-state index < -0.39 is 0 Å². The Bertz CT molecular complexity index is 143. The first-order valence-electron chi connectivity index (χ1n) is 6.09. The summed E-state index contributed by atoms with van der Waals surface area (Å²) in [6.07, 6.45) is 7.09. The van der Waals surface area contributed by atoms with Crippen LogP contribution in [-0.2, 0) is 4.74 Å². The molecule has 2 nitrogen and oxygen atoms in total. The van der Waals surface area contributed by atoms with E-state index in [1.807, 2.05) is 0 Å². The molecule has 1 aliphatic carbocycles. The van der Waals surface area contributed by atoms with Crippen molar-refractivity contribution in [2.45, 2.75) is 58.1 Å². The average molecular weight is 199 g/mol. The van der Waals surface area contributed by atoms with Crippen LogP contribution in [-0.4, -0.2) is 25.8 Å². The average Bonchev–Trinajstić information content (AvgIpc) is 2.13. The molecule has 1 aliphatic rings. The fourth-order valence-electron chi connectivity index (χ4n) is 2.37. The van der Waals surface area contributed by atoms with Gasteiger partial charge in [-0.2, -0.15) is 0 Å². The van der Waals surface area contributed by atoms with Crippen LogP contribution in [0, 0.1) is 5.92 Å². The fraction of sp³-hybridized carbons (Fsp3) is 1.00. The van der Waals surface area contributed by atoms with Gasteiger partial charge in [-0.05, 0) is 45.6 Å². The lowest BCUT2D eigenvalue weighted by Crippen LogP contribution is -2.37. The molecule has 0 aromatic rings. The second kappa shape index (κ2) is 6.41. The smallest absolute Gasteiger partial charge is 0.0580 e. The van der Waals surface area contributed by atoms with E-state index in [9.17, 15) is 0 Å². The van der Waals surface area contributed by atoms with E-state index in [-0.39, 0.29) is 0 Å². The van der Waals surface area contributed by atoms with Crippen LogP contribution >= 0.6 is 0 Å². The van der Waals surface area contributed by atoms with Crippen molar-refractivity contribution in [2.24, 2.45) is 5.92 Å². The summed E-state index contributed by atoms with van der Waals surface area (Å²) in [4.78, 5) is 0. The fourth-order valence-corrected chi connectivity index (χ4v) is 2.37. The molecule has 0 aliphatic heterocycles. The summed E-state index contributed by atoms with van der Waals surface area (Å²) in [5.41, 5.74) is 0. The van der Waals surface area contributed by atoms with E-state index >= 15 is 0 Å². The van der Waals surface area contributed by atoms with Gasteiger partial charge in [0.25, 0.3) is 0 Å². The zero-order chi connectivity index (χ0) is 10.4. The highest BCUT2D eigenvalue weighted by molar-refractivity contribution is 4.83. The lowest BCUT2D eigenvalue weighted by molar-refractivity contribution is -0.0290. The summed E-state index contributed by atoms with van der Waals surface area (Å²) in [6, 6.07) is 0.729. The van der Waals surface area contributed by atoms with Crippen molar-refractivity contribution in [3.05, 3.63) is 0 Å². The molecule has 0 spiro atoms. The Labute approximate surface area is 88.4 Å². The van der Waals surface area contributed by atoms with Gasteiger partial charge >= 0.3 is 0 Å². The molecule has 0 heterocycles. The second-order valence-corrected chi connectivity index (χ2v) is 4.42. The summed E-state index contributed by atoms with van der Waals surface area (Å²) in [6.45, 7) is 5.22. The molecule has 0 amide bonds. The Morgan fingerprint density at radius 3 is 2.57 bits per heavy atom. The molecule has 14 heavy (non-hydrogen) atoms. The van der Waals surface area contributed by atoms with E-state index in [4.69, 9.17) is 4.74 Å². The van der Waals surface area contributed by atoms with Gasteiger partial charge in [-0.15, -0.1) is 0 Å². The SMILES string of the molecule is CCCC(CC1CC(OCC)C1)NC. The molecule has 0 radical (unpaired) electrons. The first kappa shape index (κ1) is 12.0. The summed E-state index contributed by atoms with van der Waals surface area (Å²) in [5, 5.41) is 3.41. The zero-order valence-electron chi connectivity index (χ0n) is 9.88. The first-order chi connectivity index (χ1) is 6.80. The van der Waals surface area contributed by atoms with Crippen LogP contribution in [0.15, 0.2) is 0 Å². The van der Waals surface area contributed by atoms with E-state index in [0.717, 1.165) is 18.6 Å². The molecule has 1 unspecified atom stereocenters. The Kier molecular flexibility index (Phi) is 5.49. The molecule has 1 atom stereocenters. The molecule has 84 valence electrons. The third-order valence-corrected chi connectivity index (χ3v) is 3.26. The Balaban J connectivity index is 2.08. The number of ether oxygens (including phenoxy) is 1. The molecule has 1 N–H and O–H groups in total. The van der Waals surface area contributed by atoms with Gasteiger partial charge in [0, 0.05) is 12.6 Å². The van der Waals surface area contributed by atoms with Crippen LogP contribution < -0.4 is 5.32 Å². The molecule has 0 aromatic carbocycles. The summed E-state index contributed by atoms with van der Waals surface area (Å²) >= 11 is 0. The topological polar surface area (TPSA) is 21.3 Å². The number of hydrogen-bond donors (Lipinski definition) is 1. The highest BCUT2D eigenvalue weighted by Crippen LogP contribution is 2.34. The van der Waals surface area contributed by atoms with Crippen molar-refractivity contribution in [3.8, 4) is 0 Å². The van der Waals surface area contributed by atoms with Gasteiger partial charge in [0.1, 0.15) is 0 Å². The molecule has 1 saturated carbocycles. The van der Waals surface area contributed by atoms with Gasteiger partial charge < -0.3 is 10.1 Å². The van der Waals surface area contributed by atoms with Crippen LogP contribution in [0.1, 0.15) is 46.0 Å². The molecule has 0 aromatic heterocycles. The van der Waals surface area contributed by atoms with Crippen molar-refractivity contribution in [1.82, 2.24) is 5.32 Å². The lowest BCUT2D eigenvalue weighted by Gasteiger charge is -2.37. The molecule has 1 rings (SSSR count). The van der Waals surface area contributed by atoms with Crippen LogP contribution in [0.3, 0.4) is 0 Å². The molecule has 2 heteroatoms. The Hall–Kier alpha value is -0.0800. The quantitative estimate of drug-likeness (QED) is 0.680. The lowest BCUT2D eigenvalue weighted by atomic mass is 9.77. The minimum Gasteiger partial charge on any atom is -0.378 e. The minimum atomic E-state index is 0.573. The van der Waals surface area contributed by atoms with Crippen molar-refractivity contribution >= 4 is 0 Å². The van der Waals surface area contributed by atoms with E-state index in [1.54, 1.807) is 0 Å². The third-order valence-electron chi connectivity index (χ3n) is 3.26. The van der Waals surface area contributed by atoms with Gasteiger partial charge in [-0.25, -0.2) is 0 Å². The number of nitrogens with one attached hydrogen (secondary N) is 1. The van der Waals surface area contributed by atoms with Gasteiger partial charge in [0.2, 0.25) is 0 Å². The van der Waals surface area contributed by atoms with Crippen LogP contribution in [0.5, 0.6) is 0 Å². The Morgan fingerprint density at radius 2 is 2.07 bits per heavy atom. The third kappa shape index (κ3) is 3.58. The van der Waals surface area contributed by atoms with Gasteiger partial charge in [0.15, 0.2) is 0 Å². The summed E-state index contributed by atoms with van der Waals surface area (Å²) in [5.74, 6) is 0.913. The minimum absolute atomic E-state index is 0.573. The largest absolute Gasteiger partial charge is 0.378 e. The van der Waals surface area contributed by atoms with Crippen molar-refractivity contribution in [3.63, 3.8) is 0 Å². The molecule has 0 bridgehead atoms. The van der Waals surface area contributed by atoms with Crippen molar-refractivity contribution < 1.29 is 4.74 Å². The highest BCUT2D eigenvalue weighted by Gasteiger charge is 2.30. The van der Waals surface area contributed by atoms with Crippen molar-refractivity contribution in [2.75, 3.05) is 13.7 Å². The van der Waals surface area contributed by atoms with Crippen LogP contribution in [0.25, 0.3) is 0 Å². The standard InChI is InChI=1S/C12H25NO/c1-4-6-11(13-3)7-10-8-12(9-10)14-5-2/h10-13H,4-9H2,1-3H3. The second-order valence-electron chi connectivity index (χ2n) is 4.42. The molecular weight excluding hydrogens is 174 g/mol. The number of rotatable bonds is 7. The van der Waals surface area contributed by atoms with Gasteiger partial charge in [0.05, 0.1) is 6.10 Å². The summed E-state index contributed by atoms with van der Waals surface area (Å²) < 4.78 is 5.56. The van der Waals surface area contributed by atoms with Crippen LogP contribution in [0.4, 0.5) is 0 Å². The van der Waals surface area contributed by atoms with Gasteiger partial charge in [-0.1, -0.05) is 13.3 Å². The maximum absolute atomic E-state index is 5.56. The normalized spacial score (nSPS) is 28.5. The Morgan fingerprint density at radius 1 is 1.36 bits per heavy atom.